The Balaban J connectivity index is 3.43. The van der Waals surface area contributed by atoms with E-state index in [0.29, 0.717) is 0 Å². The van der Waals surface area contributed by atoms with Gasteiger partial charge in [0.05, 0.1) is 0 Å². The summed E-state index contributed by atoms with van der Waals surface area (Å²) in [6.45, 7) is 8.10. The normalized spacial score (nSPS) is 12.7. The van der Waals surface area contributed by atoms with E-state index in [0.717, 1.165) is 40.6 Å². The number of halogens is 2. The van der Waals surface area contributed by atoms with Crippen LogP contribution >= 0.6 is 29.7 Å². The second-order valence-electron chi connectivity index (χ2n) is 5.54. The third kappa shape index (κ3) is 6.29. The summed E-state index contributed by atoms with van der Waals surface area (Å²) in [5.41, 5.74) is 0.864. The molecule has 0 saturated heterocycles. The maximum absolute atomic E-state index is 10.9. The molecule has 140 valence electrons. The van der Waals surface area contributed by atoms with Gasteiger partial charge in [-0.25, -0.2) is 0 Å². The molecule has 1 rings (SSSR count). The number of hydrogen-bond acceptors (Lipinski definition) is 4. The zero-order valence-corrected chi connectivity index (χ0v) is 18.5. The first kappa shape index (κ1) is 21.9. The Morgan fingerprint density at radius 1 is 1.25 bits per heavy atom. The summed E-state index contributed by atoms with van der Waals surface area (Å²) in [4.78, 5) is 11.9. The van der Waals surface area contributed by atoms with Crippen molar-refractivity contribution in [3.63, 3.8) is 0 Å². The molecule has 0 aliphatic heterocycles. The topological polar surface area (TPSA) is 47.9 Å². The van der Waals surface area contributed by atoms with Crippen LogP contribution in [0.1, 0.15) is 46.1 Å². The van der Waals surface area contributed by atoms with Gasteiger partial charge in [0.25, 0.3) is 0 Å². The molecule has 0 atom stereocenters. The summed E-state index contributed by atoms with van der Waals surface area (Å²) in [5, 5.41) is 2.79. The Hall–Kier alpha value is -0.157. The average molecular weight is 483 g/mol. The summed E-state index contributed by atoms with van der Waals surface area (Å²) in [6, 6.07) is 5.88. The van der Waals surface area contributed by atoms with Gasteiger partial charge in [0.2, 0.25) is 0 Å². The monoisotopic (exact) mass is 483 g/mol. The molecule has 1 aromatic rings. The van der Waals surface area contributed by atoms with E-state index in [1.54, 1.807) is 0 Å². The Bertz CT molecular complexity index is 574. The molecule has 4 nitrogen and oxygen atoms in total. The van der Waals surface area contributed by atoms with Crippen molar-refractivity contribution in [3.05, 3.63) is 28.7 Å². The summed E-state index contributed by atoms with van der Waals surface area (Å²) >= 11 is -2.01. The Morgan fingerprint density at radius 2 is 1.88 bits per heavy atom. The molecule has 0 aromatic heterocycles. The van der Waals surface area contributed by atoms with Crippen LogP contribution in [0.2, 0.25) is 0 Å². The molecular weight excluding hydrogens is 458 g/mol. The van der Waals surface area contributed by atoms with Gasteiger partial charge in [-0.1, -0.05) is 0 Å². The van der Waals surface area contributed by atoms with E-state index in [1.165, 1.54) is 0 Å². The number of nitrogens with zero attached hydrogens (tertiary/aromatic N) is 1. The van der Waals surface area contributed by atoms with E-state index in [4.69, 9.17) is 28.4 Å². The predicted octanol–water partition coefficient (Wildman–Crippen LogP) is 6.15. The first-order valence-electron chi connectivity index (χ1n) is 7.82. The number of benzene rings is 1. The molecule has 0 amide bonds. The van der Waals surface area contributed by atoms with Gasteiger partial charge in [-0.2, -0.15) is 0 Å². The molecule has 0 spiro atoms. The van der Waals surface area contributed by atoms with Crippen LogP contribution in [0.4, 0.5) is 0 Å². The zero-order chi connectivity index (χ0) is 18.2. The molecule has 0 unspecified atom stereocenters. The minimum atomic E-state index is -2.01. The fourth-order valence-electron chi connectivity index (χ4n) is 2.46. The average Bonchev–Trinajstić information content (AvgIpc) is 2.48. The van der Waals surface area contributed by atoms with Crippen molar-refractivity contribution in [1.82, 2.24) is 0 Å². The number of ether oxygens (including phenoxy) is 1. The minimum absolute atomic E-state index is 0.0468. The summed E-state index contributed by atoms with van der Waals surface area (Å²) in [7, 11) is 10.4. The summed E-state index contributed by atoms with van der Waals surface area (Å²) in [6.07, 6.45) is 1.87. The van der Waals surface area contributed by atoms with Crippen molar-refractivity contribution in [3.8, 4) is 5.75 Å². The number of hydrogen-bond donors (Lipinski definition) is 0. The predicted molar refractivity (Wildman–Crippen MR) is 102 cm³/mol. The van der Waals surface area contributed by atoms with Crippen molar-refractivity contribution < 1.29 is 22.5 Å². The van der Waals surface area contributed by atoms with Gasteiger partial charge in [0.15, 0.2) is 0 Å². The second-order valence-corrected chi connectivity index (χ2v) is 14.3. The first-order chi connectivity index (χ1) is 11.4. The van der Waals surface area contributed by atoms with Crippen molar-refractivity contribution >= 4 is 34.3 Å². The van der Waals surface area contributed by atoms with Gasteiger partial charge < -0.3 is 0 Å². The molecule has 0 bridgehead atoms. The first-order valence-corrected chi connectivity index (χ1v) is 15.2. The number of rotatable bonds is 10. The molecule has 0 saturated carbocycles. The fraction of sp³-hybridized carbons (Fsp3) is 0.562. The molecule has 0 heterocycles. The molecule has 0 N–H and O–H groups in total. The second kappa shape index (κ2) is 10.7. The van der Waals surface area contributed by atoms with Gasteiger partial charge in [0, 0.05) is 0 Å². The SMILES string of the molecule is CCCS(CCC)(ON=O)c1ccc(OC(C)C)c([CH]=[Ru]([Cl])[Cl])c1. The Kier molecular flexibility index (Phi) is 9.80. The molecular formula is C16H25Cl2NO3RuS. The van der Waals surface area contributed by atoms with E-state index in [-0.39, 0.29) is 6.10 Å². The third-order valence-corrected chi connectivity index (χ3v) is 8.63. The van der Waals surface area contributed by atoms with Crippen molar-refractivity contribution in [2.24, 2.45) is 5.34 Å². The molecule has 0 aliphatic rings. The molecule has 24 heavy (non-hydrogen) atoms. The summed E-state index contributed by atoms with van der Waals surface area (Å²) in [5.74, 6) is 2.33. The molecule has 0 aliphatic carbocycles. The van der Waals surface area contributed by atoms with Gasteiger partial charge in [-0.3, -0.25) is 0 Å². The molecule has 1 aromatic carbocycles. The van der Waals surface area contributed by atoms with E-state index in [1.807, 2.05) is 36.7 Å². The van der Waals surface area contributed by atoms with Crippen molar-refractivity contribution in [2.75, 3.05) is 11.5 Å². The van der Waals surface area contributed by atoms with Gasteiger partial charge >= 0.3 is 160 Å². The van der Waals surface area contributed by atoms with Crippen molar-refractivity contribution in [2.45, 2.75) is 51.5 Å². The van der Waals surface area contributed by atoms with Crippen LogP contribution < -0.4 is 4.74 Å². The van der Waals surface area contributed by atoms with E-state index < -0.39 is 23.8 Å². The van der Waals surface area contributed by atoms with Crippen LogP contribution in [0.15, 0.2) is 28.4 Å². The quantitative estimate of drug-likeness (QED) is 0.228. The zero-order valence-electron chi connectivity index (χ0n) is 14.4. The van der Waals surface area contributed by atoms with Crippen molar-refractivity contribution in [1.29, 1.82) is 0 Å². The molecule has 0 fully saturated rings. The standard InChI is InChI=1S/C16H25NO3S.2ClH.Ru/c1-6-10-21(11-7-2,20-17-18)15-8-9-16(14(5)12-15)19-13(3)4;;;/h5,8-9,12-13H,6-7,10-11H2,1-4H3;2*1H;/q;;;+2/p-2. The van der Waals surface area contributed by atoms with Crippen LogP contribution in [0.5, 0.6) is 5.75 Å². The van der Waals surface area contributed by atoms with Gasteiger partial charge in [-0.15, -0.1) is 0 Å². The molecule has 0 radical (unpaired) electrons. The van der Waals surface area contributed by atoms with Crippen LogP contribution in [-0.2, 0) is 17.8 Å². The molecule has 8 heteroatoms. The van der Waals surface area contributed by atoms with E-state index >= 15 is 0 Å². The third-order valence-electron chi connectivity index (χ3n) is 3.20. The fourth-order valence-corrected chi connectivity index (χ4v) is 7.24. The van der Waals surface area contributed by atoms with Crippen LogP contribution in [0, 0.1) is 4.91 Å². The van der Waals surface area contributed by atoms with E-state index in [2.05, 4.69) is 19.2 Å². The maximum atomic E-state index is 10.9. The van der Waals surface area contributed by atoms with Crippen LogP contribution in [0.3, 0.4) is 0 Å². The Morgan fingerprint density at radius 3 is 2.33 bits per heavy atom. The Labute approximate surface area is 159 Å². The van der Waals surface area contributed by atoms with Gasteiger partial charge in [-0.05, 0) is 0 Å². The van der Waals surface area contributed by atoms with Crippen LogP contribution in [0.25, 0.3) is 0 Å². The summed E-state index contributed by atoms with van der Waals surface area (Å²) < 4.78 is 13.1. The van der Waals surface area contributed by atoms with E-state index in [9.17, 15) is 4.91 Å². The van der Waals surface area contributed by atoms with Gasteiger partial charge in [0.1, 0.15) is 0 Å². The van der Waals surface area contributed by atoms with Crippen LogP contribution in [-0.4, -0.2) is 22.2 Å².